The van der Waals surface area contributed by atoms with Gasteiger partial charge in [-0.1, -0.05) is 91.0 Å². The minimum absolute atomic E-state index is 0.745. The lowest BCUT2D eigenvalue weighted by molar-refractivity contribution is 1.08. The Morgan fingerprint density at radius 2 is 1.21 bits per heavy atom. The van der Waals surface area contributed by atoms with E-state index in [0.717, 1.165) is 32.9 Å². The second kappa shape index (κ2) is 7.96. The highest BCUT2D eigenvalue weighted by Crippen LogP contribution is 2.45. The van der Waals surface area contributed by atoms with E-state index in [-0.39, 0.29) is 0 Å². The Morgan fingerprint density at radius 1 is 0.513 bits per heavy atom. The van der Waals surface area contributed by atoms with Crippen molar-refractivity contribution >= 4 is 85.0 Å². The molecule has 0 bridgehead atoms. The van der Waals surface area contributed by atoms with Gasteiger partial charge in [-0.25, -0.2) is 9.97 Å². The first-order valence-electron chi connectivity index (χ1n) is 12.9. The zero-order valence-electron chi connectivity index (χ0n) is 20.6. The van der Waals surface area contributed by atoms with Gasteiger partial charge in [0.25, 0.3) is 0 Å². The quantitative estimate of drug-likeness (QED) is 0.221. The van der Waals surface area contributed by atoms with Gasteiger partial charge in [-0.15, -0.1) is 22.7 Å². The van der Waals surface area contributed by atoms with E-state index in [1.54, 1.807) is 11.3 Å². The van der Waals surface area contributed by atoms with Crippen LogP contribution in [0.25, 0.3) is 79.5 Å². The van der Waals surface area contributed by atoms with Gasteiger partial charge in [0.05, 0.1) is 21.3 Å². The zero-order chi connectivity index (χ0) is 25.5. The molecule has 9 aromatic rings. The first-order chi connectivity index (χ1) is 19.3. The predicted octanol–water partition coefficient (Wildman–Crippen LogP) is 9.98. The average Bonchev–Trinajstić information content (AvgIpc) is 3.66. The molecule has 0 saturated heterocycles. The maximum Gasteiger partial charge on any atom is 0.162 e. The second-order valence-electron chi connectivity index (χ2n) is 9.80. The molecule has 0 N–H and O–H groups in total. The molecule has 5 aromatic carbocycles. The Hall–Kier alpha value is -4.58. The average molecular weight is 534 g/mol. The summed E-state index contributed by atoms with van der Waals surface area (Å²) in [4.78, 5) is 10.5. The lowest BCUT2D eigenvalue weighted by Crippen LogP contribution is -2.01. The molecule has 0 aliphatic rings. The van der Waals surface area contributed by atoms with Gasteiger partial charge in [-0.05, 0) is 24.3 Å². The Morgan fingerprint density at radius 3 is 2.05 bits per heavy atom. The van der Waals surface area contributed by atoms with Gasteiger partial charge in [0.1, 0.15) is 0 Å². The molecule has 3 nitrogen and oxygen atoms in total. The van der Waals surface area contributed by atoms with Crippen molar-refractivity contribution in [1.82, 2.24) is 14.5 Å². The maximum absolute atomic E-state index is 5.35. The van der Waals surface area contributed by atoms with Gasteiger partial charge in [0, 0.05) is 46.6 Å². The van der Waals surface area contributed by atoms with Gasteiger partial charge in [-0.2, -0.15) is 0 Å². The molecule has 39 heavy (non-hydrogen) atoms. The van der Waals surface area contributed by atoms with Gasteiger partial charge in [0.15, 0.2) is 11.6 Å². The lowest BCUT2D eigenvalue weighted by atomic mass is 10.1. The van der Waals surface area contributed by atoms with Crippen molar-refractivity contribution in [3.63, 3.8) is 0 Å². The molecule has 0 unspecified atom stereocenters. The normalized spacial score (nSPS) is 12.1. The molecule has 0 atom stereocenters. The molecule has 0 radical (unpaired) electrons. The molecule has 182 valence electrons. The van der Waals surface area contributed by atoms with Gasteiger partial charge in [0.2, 0.25) is 0 Å². The molecule has 5 heteroatoms. The van der Waals surface area contributed by atoms with E-state index >= 15 is 0 Å². The minimum atomic E-state index is 0.745. The molecular weight excluding hydrogens is 515 g/mol. The van der Waals surface area contributed by atoms with Crippen LogP contribution in [0.2, 0.25) is 0 Å². The molecule has 0 aliphatic carbocycles. The van der Waals surface area contributed by atoms with Crippen LogP contribution in [0.4, 0.5) is 0 Å². The number of fused-ring (bicyclic) bond motifs is 10. The number of benzene rings is 5. The Kier molecular flexibility index (Phi) is 4.36. The third-order valence-electron chi connectivity index (χ3n) is 7.62. The summed E-state index contributed by atoms with van der Waals surface area (Å²) in [5.41, 5.74) is 4.39. The van der Waals surface area contributed by atoms with Crippen LogP contribution in [-0.2, 0) is 0 Å². The summed E-state index contributed by atoms with van der Waals surface area (Å²) in [5.74, 6) is 1.68. The van der Waals surface area contributed by atoms with Crippen LogP contribution < -0.4 is 0 Å². The van der Waals surface area contributed by atoms with E-state index in [1.165, 1.54) is 46.5 Å². The van der Waals surface area contributed by atoms with Crippen LogP contribution >= 0.6 is 22.7 Å². The van der Waals surface area contributed by atoms with Crippen molar-refractivity contribution in [2.24, 2.45) is 0 Å². The third-order valence-corrected chi connectivity index (χ3v) is 9.91. The lowest BCUT2D eigenvalue weighted by Gasteiger charge is -2.11. The topological polar surface area (TPSA) is 30.7 Å². The van der Waals surface area contributed by atoms with Gasteiger partial charge in [-0.3, -0.25) is 4.57 Å². The fourth-order valence-electron chi connectivity index (χ4n) is 5.93. The summed E-state index contributed by atoms with van der Waals surface area (Å²) in [6.07, 6.45) is 0. The predicted molar refractivity (Wildman–Crippen MR) is 168 cm³/mol. The standard InChI is InChI=1S/C34H19N3S2/c1-2-10-20(11-3-1)33-35-30-24-14-6-9-17-27(24)39-32(30)34(36-33)37-25-15-7-4-12-21(25)22-18-19-28-29(31(22)37)23-13-5-8-16-26(23)38-28/h1-19H. The van der Waals surface area contributed by atoms with Crippen LogP contribution in [0.3, 0.4) is 0 Å². The molecule has 9 rings (SSSR count). The van der Waals surface area contributed by atoms with Crippen molar-refractivity contribution in [1.29, 1.82) is 0 Å². The summed E-state index contributed by atoms with van der Waals surface area (Å²) < 4.78 is 7.32. The molecule has 4 aromatic heterocycles. The molecule has 0 aliphatic heterocycles. The summed E-state index contributed by atoms with van der Waals surface area (Å²) in [5, 5.41) is 6.23. The Balaban J connectivity index is 1.54. The Bertz CT molecular complexity index is 2390. The summed E-state index contributed by atoms with van der Waals surface area (Å²) in [6.45, 7) is 0. The smallest absolute Gasteiger partial charge is 0.162 e. The fourth-order valence-corrected chi connectivity index (χ4v) is 8.16. The van der Waals surface area contributed by atoms with Crippen LogP contribution in [0.15, 0.2) is 115 Å². The van der Waals surface area contributed by atoms with E-state index < -0.39 is 0 Å². The number of nitrogens with zero attached hydrogens (tertiary/aromatic N) is 3. The number of hydrogen-bond acceptors (Lipinski definition) is 4. The molecular formula is C34H19N3S2. The van der Waals surface area contributed by atoms with Crippen LogP contribution in [0, 0.1) is 0 Å². The minimum Gasteiger partial charge on any atom is -0.292 e. The number of hydrogen-bond donors (Lipinski definition) is 0. The van der Waals surface area contributed by atoms with Crippen molar-refractivity contribution in [2.75, 3.05) is 0 Å². The highest BCUT2D eigenvalue weighted by atomic mass is 32.1. The van der Waals surface area contributed by atoms with Crippen molar-refractivity contribution in [3.8, 4) is 17.2 Å². The highest BCUT2D eigenvalue weighted by Gasteiger charge is 2.22. The fraction of sp³-hybridized carbons (Fsp3) is 0. The molecule has 0 amide bonds. The molecule has 0 fully saturated rings. The van der Waals surface area contributed by atoms with E-state index in [2.05, 4.69) is 114 Å². The Labute approximate surface area is 231 Å². The summed E-state index contributed by atoms with van der Waals surface area (Å²) in [7, 11) is 0. The SMILES string of the molecule is c1ccc(-c2nc(-n3c4ccccc4c4ccc5sc6ccccc6c5c43)c3sc4ccccc4c3n2)cc1. The highest BCUT2D eigenvalue weighted by molar-refractivity contribution is 7.26. The first-order valence-corrected chi connectivity index (χ1v) is 14.6. The number of thiophene rings is 2. The van der Waals surface area contributed by atoms with Gasteiger partial charge >= 0.3 is 0 Å². The zero-order valence-corrected chi connectivity index (χ0v) is 22.3. The van der Waals surface area contributed by atoms with E-state index in [1.807, 2.05) is 17.4 Å². The monoisotopic (exact) mass is 533 g/mol. The first kappa shape index (κ1) is 21.4. The van der Waals surface area contributed by atoms with E-state index in [0.29, 0.717) is 0 Å². The van der Waals surface area contributed by atoms with Crippen molar-refractivity contribution < 1.29 is 0 Å². The maximum atomic E-state index is 5.35. The molecule has 0 spiro atoms. The number of aromatic nitrogens is 3. The van der Waals surface area contributed by atoms with Crippen LogP contribution in [0.5, 0.6) is 0 Å². The molecule has 4 heterocycles. The van der Waals surface area contributed by atoms with Crippen molar-refractivity contribution in [2.45, 2.75) is 0 Å². The van der Waals surface area contributed by atoms with Crippen LogP contribution in [-0.4, -0.2) is 14.5 Å². The largest absolute Gasteiger partial charge is 0.292 e. The van der Waals surface area contributed by atoms with E-state index in [9.17, 15) is 0 Å². The molecule has 0 saturated carbocycles. The number of para-hydroxylation sites is 1. The third kappa shape index (κ3) is 2.97. The van der Waals surface area contributed by atoms with Gasteiger partial charge < -0.3 is 0 Å². The number of rotatable bonds is 2. The summed E-state index contributed by atoms with van der Waals surface area (Å²) in [6, 6.07) is 40.9. The van der Waals surface area contributed by atoms with Crippen molar-refractivity contribution in [3.05, 3.63) is 115 Å². The van der Waals surface area contributed by atoms with Crippen LogP contribution in [0.1, 0.15) is 0 Å². The van der Waals surface area contributed by atoms with E-state index in [4.69, 9.17) is 9.97 Å². The second-order valence-corrected chi connectivity index (χ2v) is 11.9. The summed E-state index contributed by atoms with van der Waals surface area (Å²) >= 11 is 3.63.